The molecular weight excluding hydrogens is 219 g/mol. The lowest BCUT2D eigenvalue weighted by atomic mass is 10.1. The Labute approximate surface area is 91.8 Å². The normalized spacial score (nSPS) is 12.7. The summed E-state index contributed by atoms with van der Waals surface area (Å²) in [6, 6.07) is 5.69. The first-order chi connectivity index (χ1) is 7.49. The first kappa shape index (κ1) is 12.5. The van der Waals surface area contributed by atoms with Crippen molar-refractivity contribution in [3.8, 4) is 5.75 Å². The summed E-state index contributed by atoms with van der Waals surface area (Å²) in [5.74, 6) is 0.545. The lowest BCUT2D eigenvalue weighted by Gasteiger charge is -2.10. The molecule has 0 N–H and O–H groups in total. The molecule has 2 nitrogen and oxygen atoms in total. The van der Waals surface area contributed by atoms with E-state index in [1.165, 1.54) is 24.3 Å². The molecule has 1 aromatic carbocycles. The maximum Gasteiger partial charge on any atom is 0.433 e. The van der Waals surface area contributed by atoms with E-state index < -0.39 is 11.9 Å². The number of halogens is 3. The Morgan fingerprint density at radius 2 is 1.81 bits per heavy atom. The SMILES string of the molecule is CCOc1ccc(C(=NC)C(F)(F)F)cc1. The highest BCUT2D eigenvalue weighted by Crippen LogP contribution is 2.23. The van der Waals surface area contributed by atoms with E-state index in [1.807, 2.05) is 6.92 Å². The van der Waals surface area contributed by atoms with Crippen molar-refractivity contribution in [2.75, 3.05) is 13.7 Å². The first-order valence-electron chi connectivity index (χ1n) is 4.76. The highest BCUT2D eigenvalue weighted by atomic mass is 19.4. The largest absolute Gasteiger partial charge is 0.494 e. The van der Waals surface area contributed by atoms with Crippen molar-refractivity contribution in [1.29, 1.82) is 0 Å². The molecule has 0 aromatic heterocycles. The quantitative estimate of drug-likeness (QED) is 0.732. The van der Waals surface area contributed by atoms with Gasteiger partial charge in [-0.05, 0) is 31.2 Å². The van der Waals surface area contributed by atoms with Crippen molar-refractivity contribution in [3.63, 3.8) is 0 Å². The van der Waals surface area contributed by atoms with Crippen molar-refractivity contribution >= 4 is 5.71 Å². The van der Waals surface area contributed by atoms with E-state index in [0.717, 1.165) is 7.05 Å². The van der Waals surface area contributed by atoms with Crippen LogP contribution in [0.4, 0.5) is 13.2 Å². The Morgan fingerprint density at radius 3 is 2.19 bits per heavy atom. The van der Waals surface area contributed by atoms with Gasteiger partial charge in [-0.3, -0.25) is 4.99 Å². The minimum absolute atomic E-state index is 0.0402. The van der Waals surface area contributed by atoms with Crippen molar-refractivity contribution in [2.45, 2.75) is 13.1 Å². The van der Waals surface area contributed by atoms with Crippen molar-refractivity contribution in [2.24, 2.45) is 4.99 Å². The maximum atomic E-state index is 12.5. The average Bonchev–Trinajstić information content (AvgIpc) is 2.20. The van der Waals surface area contributed by atoms with Crippen molar-refractivity contribution < 1.29 is 17.9 Å². The molecule has 0 heterocycles. The molecule has 0 atom stereocenters. The van der Waals surface area contributed by atoms with Gasteiger partial charge in [-0.15, -0.1) is 0 Å². The van der Waals surface area contributed by atoms with Crippen LogP contribution in [0.1, 0.15) is 12.5 Å². The van der Waals surface area contributed by atoms with Crippen LogP contribution >= 0.6 is 0 Å². The Kier molecular flexibility index (Phi) is 3.93. The van der Waals surface area contributed by atoms with E-state index in [0.29, 0.717) is 12.4 Å². The molecule has 0 unspecified atom stereocenters. The summed E-state index contributed by atoms with van der Waals surface area (Å²) in [4.78, 5) is 3.26. The summed E-state index contributed by atoms with van der Waals surface area (Å²) in [7, 11) is 1.12. The molecule has 0 saturated carbocycles. The van der Waals surface area contributed by atoms with Gasteiger partial charge in [0.05, 0.1) is 6.61 Å². The van der Waals surface area contributed by atoms with Gasteiger partial charge in [-0.1, -0.05) is 0 Å². The standard InChI is InChI=1S/C11H12F3NO/c1-3-16-9-6-4-8(5-7-9)10(15-2)11(12,13)14/h4-7H,3H2,1-2H3. The van der Waals surface area contributed by atoms with Crippen LogP contribution in [0, 0.1) is 0 Å². The van der Waals surface area contributed by atoms with Crippen LogP contribution in [0.2, 0.25) is 0 Å². The van der Waals surface area contributed by atoms with Crippen LogP contribution in [-0.4, -0.2) is 25.5 Å². The Hall–Kier alpha value is -1.52. The van der Waals surface area contributed by atoms with E-state index in [9.17, 15) is 13.2 Å². The van der Waals surface area contributed by atoms with E-state index in [-0.39, 0.29) is 5.56 Å². The molecule has 16 heavy (non-hydrogen) atoms. The topological polar surface area (TPSA) is 21.6 Å². The second-order valence-electron chi connectivity index (χ2n) is 3.03. The smallest absolute Gasteiger partial charge is 0.433 e. The fourth-order valence-corrected chi connectivity index (χ4v) is 1.30. The molecule has 0 aliphatic heterocycles. The molecule has 0 fully saturated rings. The van der Waals surface area contributed by atoms with E-state index in [1.54, 1.807) is 0 Å². The van der Waals surface area contributed by atoms with Gasteiger partial charge in [0.15, 0.2) is 0 Å². The van der Waals surface area contributed by atoms with Crippen LogP contribution in [0.5, 0.6) is 5.75 Å². The van der Waals surface area contributed by atoms with Gasteiger partial charge in [0, 0.05) is 12.6 Å². The molecule has 0 saturated heterocycles. The van der Waals surface area contributed by atoms with Crippen LogP contribution in [0.15, 0.2) is 29.3 Å². The van der Waals surface area contributed by atoms with Gasteiger partial charge in [-0.25, -0.2) is 0 Å². The zero-order valence-corrected chi connectivity index (χ0v) is 9.01. The summed E-state index contributed by atoms with van der Waals surface area (Å²) in [6.07, 6.45) is -4.43. The summed E-state index contributed by atoms with van der Waals surface area (Å²) >= 11 is 0. The Balaban J connectivity index is 2.97. The highest BCUT2D eigenvalue weighted by Gasteiger charge is 2.36. The first-order valence-corrected chi connectivity index (χ1v) is 4.76. The lowest BCUT2D eigenvalue weighted by Crippen LogP contribution is -2.23. The minimum Gasteiger partial charge on any atom is -0.494 e. The molecule has 1 aromatic rings. The predicted octanol–water partition coefficient (Wildman–Crippen LogP) is 3.07. The number of rotatable bonds is 3. The number of hydrogen-bond donors (Lipinski definition) is 0. The molecular formula is C11H12F3NO. The van der Waals surface area contributed by atoms with Gasteiger partial charge < -0.3 is 4.74 Å². The molecule has 0 spiro atoms. The monoisotopic (exact) mass is 231 g/mol. The summed E-state index contributed by atoms with van der Waals surface area (Å²) in [6.45, 7) is 2.29. The molecule has 0 aliphatic rings. The average molecular weight is 231 g/mol. The Bertz CT molecular complexity index is 368. The third-order valence-electron chi connectivity index (χ3n) is 1.93. The number of hydrogen-bond acceptors (Lipinski definition) is 2. The second kappa shape index (κ2) is 5.01. The van der Waals surface area contributed by atoms with Crippen LogP contribution in [0.3, 0.4) is 0 Å². The van der Waals surface area contributed by atoms with Gasteiger partial charge in [0.1, 0.15) is 11.5 Å². The minimum atomic E-state index is -4.43. The number of nitrogens with zero attached hydrogens (tertiary/aromatic N) is 1. The van der Waals surface area contributed by atoms with Gasteiger partial charge >= 0.3 is 6.18 Å². The zero-order chi connectivity index (χ0) is 12.2. The summed E-state index contributed by atoms with van der Waals surface area (Å²) in [5.41, 5.74) is -0.839. The van der Waals surface area contributed by atoms with E-state index in [4.69, 9.17) is 4.74 Å². The van der Waals surface area contributed by atoms with Crippen molar-refractivity contribution in [1.82, 2.24) is 0 Å². The third-order valence-corrected chi connectivity index (χ3v) is 1.93. The third kappa shape index (κ3) is 2.98. The fourth-order valence-electron chi connectivity index (χ4n) is 1.30. The summed E-state index contributed by atoms with van der Waals surface area (Å²) < 4.78 is 42.6. The van der Waals surface area contributed by atoms with Crippen LogP contribution in [-0.2, 0) is 0 Å². The molecule has 88 valence electrons. The number of ether oxygens (including phenoxy) is 1. The molecule has 5 heteroatoms. The van der Waals surface area contributed by atoms with Gasteiger partial charge in [0.25, 0.3) is 0 Å². The molecule has 0 aliphatic carbocycles. The Morgan fingerprint density at radius 1 is 1.25 bits per heavy atom. The summed E-state index contributed by atoms with van der Waals surface area (Å²) in [5, 5.41) is 0. The number of benzene rings is 1. The molecule has 1 rings (SSSR count). The van der Waals surface area contributed by atoms with Gasteiger partial charge in [0.2, 0.25) is 0 Å². The maximum absolute atomic E-state index is 12.5. The van der Waals surface area contributed by atoms with Gasteiger partial charge in [-0.2, -0.15) is 13.2 Å². The molecule has 0 radical (unpaired) electrons. The van der Waals surface area contributed by atoms with Crippen LogP contribution < -0.4 is 4.74 Å². The van der Waals surface area contributed by atoms with Crippen molar-refractivity contribution in [3.05, 3.63) is 29.8 Å². The highest BCUT2D eigenvalue weighted by molar-refractivity contribution is 6.04. The molecule has 0 amide bonds. The number of alkyl halides is 3. The second-order valence-corrected chi connectivity index (χ2v) is 3.03. The predicted molar refractivity (Wildman–Crippen MR) is 56.1 cm³/mol. The lowest BCUT2D eigenvalue weighted by molar-refractivity contribution is -0.0581. The fraction of sp³-hybridized carbons (Fsp3) is 0.364. The van der Waals surface area contributed by atoms with E-state index in [2.05, 4.69) is 4.99 Å². The molecule has 0 bridgehead atoms. The number of aliphatic imine (C=N–C) groups is 1. The van der Waals surface area contributed by atoms with E-state index >= 15 is 0 Å². The van der Waals surface area contributed by atoms with Crippen LogP contribution in [0.25, 0.3) is 0 Å². The zero-order valence-electron chi connectivity index (χ0n) is 9.01.